The lowest BCUT2D eigenvalue weighted by Gasteiger charge is -2.37. The number of anilines is 2. The molecule has 1 heterocycles. The highest BCUT2D eigenvalue weighted by molar-refractivity contribution is 6.06. The number of allylic oxidation sites excluding steroid dienone is 1. The fraction of sp³-hybridized carbons (Fsp3) is 0.371. The van der Waals surface area contributed by atoms with E-state index >= 15 is 0 Å². The summed E-state index contributed by atoms with van der Waals surface area (Å²) in [6, 6.07) is 23.0. The molecule has 6 heteroatoms. The number of Topliss-reactive ketones (excluding diaryl/α,β-unsaturated/α-hetero) is 1. The third kappa shape index (κ3) is 6.17. The van der Waals surface area contributed by atoms with E-state index in [0.29, 0.717) is 42.9 Å². The van der Waals surface area contributed by atoms with E-state index in [4.69, 9.17) is 9.47 Å². The van der Waals surface area contributed by atoms with Crippen LogP contribution in [0, 0.1) is 5.41 Å². The second kappa shape index (κ2) is 12.2. The topological polar surface area (TPSA) is 67.9 Å². The highest BCUT2D eigenvalue weighted by Crippen LogP contribution is 2.49. The number of methoxy groups -OCH3 is 1. The van der Waals surface area contributed by atoms with Gasteiger partial charge >= 0.3 is 0 Å². The Hall–Kier alpha value is -4.06. The van der Waals surface area contributed by atoms with Crippen LogP contribution in [-0.4, -0.2) is 18.8 Å². The van der Waals surface area contributed by atoms with E-state index in [1.54, 1.807) is 7.11 Å². The summed E-state index contributed by atoms with van der Waals surface area (Å²) >= 11 is 0. The Morgan fingerprint density at radius 2 is 1.73 bits per heavy atom. The number of hydrogen-bond donors (Lipinski definition) is 1. The number of para-hydroxylation sites is 2. The van der Waals surface area contributed by atoms with Crippen LogP contribution in [0.2, 0.25) is 0 Å². The molecule has 3 aromatic carbocycles. The molecule has 2 aliphatic rings. The third-order valence-electron chi connectivity index (χ3n) is 7.90. The van der Waals surface area contributed by atoms with Gasteiger partial charge in [0.25, 0.3) is 0 Å². The van der Waals surface area contributed by atoms with E-state index in [1.807, 2.05) is 77.7 Å². The van der Waals surface area contributed by atoms with Gasteiger partial charge in [-0.05, 0) is 53.6 Å². The first-order chi connectivity index (χ1) is 19.8. The number of ether oxygens (including phenoxy) is 2. The molecule has 1 atom stereocenters. The minimum Gasteiger partial charge on any atom is -0.493 e. The normalized spacial score (nSPS) is 17.7. The highest BCUT2D eigenvalue weighted by atomic mass is 16.5. The molecule has 0 spiro atoms. The second-order valence-corrected chi connectivity index (χ2v) is 11.8. The lowest BCUT2D eigenvalue weighted by molar-refractivity contribution is -0.119. The molecular weight excluding hydrogens is 512 g/mol. The van der Waals surface area contributed by atoms with E-state index in [0.717, 1.165) is 47.5 Å². The van der Waals surface area contributed by atoms with E-state index in [9.17, 15) is 9.59 Å². The Morgan fingerprint density at radius 1 is 0.976 bits per heavy atom. The molecule has 214 valence electrons. The van der Waals surface area contributed by atoms with Crippen LogP contribution in [0.15, 0.2) is 84.1 Å². The van der Waals surface area contributed by atoms with Gasteiger partial charge in [0, 0.05) is 24.1 Å². The van der Waals surface area contributed by atoms with Crippen molar-refractivity contribution in [3.8, 4) is 11.5 Å². The monoisotopic (exact) mass is 552 g/mol. The number of carbonyl (C=O) groups is 2. The first-order valence-corrected chi connectivity index (χ1v) is 14.6. The fourth-order valence-corrected chi connectivity index (χ4v) is 5.93. The molecule has 1 aliphatic carbocycles. The Bertz CT molecular complexity index is 1440. The predicted octanol–water partition coefficient (Wildman–Crippen LogP) is 8.00. The molecular formula is C35H40N2O4. The molecule has 1 aliphatic heterocycles. The van der Waals surface area contributed by atoms with Crippen LogP contribution in [0.25, 0.3) is 0 Å². The van der Waals surface area contributed by atoms with Gasteiger partial charge in [0.15, 0.2) is 17.3 Å². The molecule has 6 nitrogen and oxygen atoms in total. The molecule has 0 radical (unpaired) electrons. The summed E-state index contributed by atoms with van der Waals surface area (Å²) in [5.41, 5.74) is 4.85. The van der Waals surface area contributed by atoms with Crippen molar-refractivity contribution in [2.24, 2.45) is 5.41 Å². The minimum absolute atomic E-state index is 0.00690. The Morgan fingerprint density at radius 3 is 2.49 bits per heavy atom. The predicted molar refractivity (Wildman–Crippen MR) is 163 cm³/mol. The lowest BCUT2D eigenvalue weighted by atomic mass is 9.73. The zero-order chi connectivity index (χ0) is 29.0. The first kappa shape index (κ1) is 28.5. The van der Waals surface area contributed by atoms with Crippen molar-refractivity contribution >= 4 is 23.1 Å². The number of carbonyl (C=O) groups excluding carboxylic acids is 2. The maximum atomic E-state index is 14.1. The van der Waals surface area contributed by atoms with Crippen molar-refractivity contribution in [1.29, 1.82) is 0 Å². The van der Waals surface area contributed by atoms with Crippen molar-refractivity contribution in [3.05, 3.63) is 95.2 Å². The molecule has 3 aromatic rings. The second-order valence-electron chi connectivity index (χ2n) is 11.8. The average molecular weight is 553 g/mol. The first-order valence-electron chi connectivity index (χ1n) is 14.6. The molecule has 5 rings (SSSR count). The summed E-state index contributed by atoms with van der Waals surface area (Å²) in [6.07, 6.45) is 4.36. The Labute approximate surface area is 243 Å². The summed E-state index contributed by atoms with van der Waals surface area (Å²) in [4.78, 5) is 29.9. The van der Waals surface area contributed by atoms with Crippen LogP contribution in [0.1, 0.15) is 76.5 Å². The van der Waals surface area contributed by atoms with Crippen molar-refractivity contribution < 1.29 is 19.1 Å². The van der Waals surface area contributed by atoms with Gasteiger partial charge in [-0.1, -0.05) is 82.1 Å². The molecule has 1 unspecified atom stereocenters. The number of fused-ring (bicyclic) bond motifs is 1. The van der Waals surface area contributed by atoms with E-state index in [2.05, 4.69) is 26.1 Å². The van der Waals surface area contributed by atoms with Crippen LogP contribution in [0.4, 0.5) is 11.4 Å². The number of benzene rings is 3. The van der Waals surface area contributed by atoms with Gasteiger partial charge in [-0.2, -0.15) is 0 Å². The number of rotatable bonds is 9. The largest absolute Gasteiger partial charge is 0.493 e. The smallest absolute Gasteiger partial charge is 0.227 e. The molecule has 0 bridgehead atoms. The van der Waals surface area contributed by atoms with E-state index in [-0.39, 0.29) is 17.1 Å². The molecule has 41 heavy (non-hydrogen) atoms. The van der Waals surface area contributed by atoms with Crippen LogP contribution in [-0.2, 0) is 16.2 Å². The standard InChI is InChI=1S/C35H40N2O4/c1-5-6-8-17-32(39)37-28-16-12-11-15-26(28)36-27-21-35(2,3)22-29(38)33(27)34(37)25-18-19-30(31(20-25)40-4)41-23-24-13-9-7-10-14-24/h7,9-16,18-20,34,36H,5-6,8,17,21-23H2,1-4H3. The quantitative estimate of drug-likeness (QED) is 0.273. The summed E-state index contributed by atoms with van der Waals surface area (Å²) in [5.74, 6) is 1.25. The van der Waals surface area contributed by atoms with Crippen molar-refractivity contribution in [2.75, 3.05) is 17.3 Å². The van der Waals surface area contributed by atoms with Crippen LogP contribution < -0.4 is 19.7 Å². The van der Waals surface area contributed by atoms with Gasteiger partial charge < -0.3 is 14.8 Å². The summed E-state index contributed by atoms with van der Waals surface area (Å²) < 4.78 is 11.9. The molecule has 0 aromatic heterocycles. The number of unbranched alkanes of at least 4 members (excludes halogenated alkanes) is 2. The van der Waals surface area contributed by atoms with E-state index in [1.165, 1.54) is 0 Å². The zero-order valence-corrected chi connectivity index (χ0v) is 24.5. The zero-order valence-electron chi connectivity index (χ0n) is 24.5. The number of hydrogen-bond acceptors (Lipinski definition) is 5. The van der Waals surface area contributed by atoms with E-state index < -0.39 is 6.04 Å². The molecule has 1 amide bonds. The van der Waals surface area contributed by atoms with Crippen molar-refractivity contribution in [1.82, 2.24) is 0 Å². The van der Waals surface area contributed by atoms with Gasteiger partial charge in [-0.3, -0.25) is 14.5 Å². The summed E-state index contributed by atoms with van der Waals surface area (Å²) in [7, 11) is 1.62. The van der Waals surface area contributed by atoms with Gasteiger partial charge in [-0.15, -0.1) is 0 Å². The van der Waals surface area contributed by atoms with Crippen molar-refractivity contribution in [2.45, 2.75) is 71.9 Å². The Kier molecular flexibility index (Phi) is 8.48. The van der Waals surface area contributed by atoms with Crippen LogP contribution in [0.5, 0.6) is 11.5 Å². The number of nitrogens with zero attached hydrogens (tertiary/aromatic N) is 1. The van der Waals surface area contributed by atoms with Gasteiger partial charge in [0.05, 0.1) is 24.5 Å². The van der Waals surface area contributed by atoms with Gasteiger partial charge in [0.1, 0.15) is 6.61 Å². The molecule has 1 N–H and O–H groups in total. The maximum absolute atomic E-state index is 14.1. The Balaban J connectivity index is 1.62. The SMILES string of the molecule is CCCCCC(=O)N1c2ccccc2NC2=C(C(=O)CC(C)(C)C2)C1c1ccc(OCc2ccccc2)c(OC)c1. The highest BCUT2D eigenvalue weighted by Gasteiger charge is 2.43. The summed E-state index contributed by atoms with van der Waals surface area (Å²) in [5, 5.41) is 3.59. The molecule has 0 saturated carbocycles. The molecule has 0 saturated heterocycles. The lowest BCUT2D eigenvalue weighted by Crippen LogP contribution is -2.39. The third-order valence-corrected chi connectivity index (χ3v) is 7.90. The van der Waals surface area contributed by atoms with Gasteiger partial charge in [0.2, 0.25) is 5.91 Å². The number of amides is 1. The number of nitrogens with one attached hydrogen (secondary N) is 1. The fourth-order valence-electron chi connectivity index (χ4n) is 5.93. The average Bonchev–Trinajstić information content (AvgIpc) is 3.10. The van der Waals surface area contributed by atoms with Crippen LogP contribution >= 0.6 is 0 Å². The van der Waals surface area contributed by atoms with Crippen molar-refractivity contribution in [3.63, 3.8) is 0 Å². The molecule has 0 fully saturated rings. The summed E-state index contributed by atoms with van der Waals surface area (Å²) in [6.45, 7) is 6.78. The maximum Gasteiger partial charge on any atom is 0.227 e. The van der Waals surface area contributed by atoms with Gasteiger partial charge in [-0.25, -0.2) is 0 Å². The van der Waals surface area contributed by atoms with Crippen LogP contribution in [0.3, 0.4) is 0 Å². The number of ketones is 1. The minimum atomic E-state index is -0.587.